The molecule has 0 amide bonds. The molecule has 0 aliphatic carbocycles. The number of rotatable bonds is 0. The van der Waals surface area contributed by atoms with Gasteiger partial charge in [-0.3, -0.25) is 9.59 Å². The Morgan fingerprint density at radius 2 is 0.929 bits per heavy atom. The Kier molecular flexibility index (Phi) is 49.0. The van der Waals surface area contributed by atoms with Gasteiger partial charge >= 0.3 is 68.5 Å². The Bertz CT molecular complexity index is 120. The van der Waals surface area contributed by atoms with Gasteiger partial charge in [-0.15, -0.1) is 0 Å². The molecule has 0 radical (unpaired) electrons. The fraction of sp³-hybridized carbons (Fsp3) is 0.500. The Morgan fingerprint density at radius 3 is 0.929 bits per heavy atom. The first-order chi connectivity index (χ1) is 5.20. The summed E-state index contributed by atoms with van der Waals surface area (Å²) in [7, 11) is 0. The van der Waals surface area contributed by atoms with Crippen LogP contribution in [-0.2, 0) is 14.4 Å². The molecule has 0 aliphatic rings. The van der Waals surface area contributed by atoms with E-state index in [1.807, 2.05) is 0 Å². The molecule has 0 rings (SSSR count). The van der Waals surface area contributed by atoms with Crippen molar-refractivity contribution in [3.63, 3.8) is 0 Å². The van der Waals surface area contributed by atoms with Gasteiger partial charge < -0.3 is 20.1 Å². The monoisotopic (exact) mass is 300 g/mol. The van der Waals surface area contributed by atoms with Gasteiger partial charge in [-0.1, -0.05) is 0 Å². The summed E-state index contributed by atoms with van der Waals surface area (Å²) in [6.07, 6.45) is 0. The molecule has 0 heterocycles. The van der Waals surface area contributed by atoms with Gasteiger partial charge in [0, 0.05) is 19.8 Å². The average molecular weight is 299 g/mol. The molecular formula is C6H13KO6Se. The van der Waals surface area contributed by atoms with E-state index in [0.717, 1.165) is 20.8 Å². The third-order valence-corrected chi connectivity index (χ3v) is 0. The molecule has 0 saturated heterocycles. The first-order valence-corrected chi connectivity index (χ1v) is 2.76. The van der Waals surface area contributed by atoms with E-state index in [-0.39, 0.29) is 68.5 Å². The standard InChI is InChI=1S/3C2H4O2.K.H2Se/c3*1-2(3)4;;/h3*1H3,(H,3,4);;1H2/q;;;+1;/p-1. The fourth-order valence-corrected chi connectivity index (χ4v) is 0. The van der Waals surface area contributed by atoms with E-state index in [1.165, 1.54) is 0 Å². The molecule has 8 heteroatoms. The summed E-state index contributed by atoms with van der Waals surface area (Å²) in [5.41, 5.74) is 0. The SMILES string of the molecule is CC(=O)O.CC(=O)O.CC(=O)[O-].[K+].[SeH2]. The maximum absolute atomic E-state index is 9.00. The summed E-state index contributed by atoms with van der Waals surface area (Å²) in [5, 5.41) is 23.7. The second kappa shape index (κ2) is 23.4. The van der Waals surface area contributed by atoms with Crippen molar-refractivity contribution in [2.24, 2.45) is 0 Å². The van der Waals surface area contributed by atoms with E-state index in [1.54, 1.807) is 0 Å². The first-order valence-electron chi connectivity index (χ1n) is 2.76. The van der Waals surface area contributed by atoms with Crippen LogP contribution in [0.5, 0.6) is 0 Å². The molecule has 80 valence electrons. The normalized spacial score (nSPS) is 5.36. The van der Waals surface area contributed by atoms with Crippen molar-refractivity contribution in [3.8, 4) is 0 Å². The average Bonchev–Trinajstić information content (AvgIpc) is 1.54. The number of hydrogen-bond acceptors (Lipinski definition) is 4. The summed E-state index contributed by atoms with van der Waals surface area (Å²) in [6.45, 7) is 3.14. The number of carboxylic acid groups (broad SMARTS) is 3. The molecule has 0 aromatic carbocycles. The topological polar surface area (TPSA) is 115 Å². The minimum atomic E-state index is -1.08. The Morgan fingerprint density at radius 1 is 0.929 bits per heavy atom. The Hall–Kier alpha value is 0.566. The maximum atomic E-state index is 9.00. The van der Waals surface area contributed by atoms with E-state index >= 15 is 0 Å². The van der Waals surface area contributed by atoms with Crippen LogP contribution in [0.2, 0.25) is 0 Å². The van der Waals surface area contributed by atoms with Crippen LogP contribution in [0.3, 0.4) is 0 Å². The van der Waals surface area contributed by atoms with Crippen molar-refractivity contribution in [2.75, 3.05) is 0 Å². The van der Waals surface area contributed by atoms with Crippen molar-refractivity contribution < 1.29 is 81.1 Å². The van der Waals surface area contributed by atoms with E-state index in [4.69, 9.17) is 29.7 Å². The molecule has 6 nitrogen and oxygen atoms in total. The van der Waals surface area contributed by atoms with Crippen molar-refractivity contribution in [1.29, 1.82) is 0 Å². The zero-order valence-electron chi connectivity index (χ0n) is 8.53. The summed E-state index contributed by atoms with van der Waals surface area (Å²) >= 11 is 0. The quantitative estimate of drug-likeness (QED) is 0.433. The molecule has 0 saturated carbocycles. The third kappa shape index (κ3) is 5250. The molecule has 0 fully saturated rings. The van der Waals surface area contributed by atoms with Gasteiger partial charge in [0.2, 0.25) is 0 Å². The second-order valence-corrected chi connectivity index (χ2v) is 1.53. The predicted molar refractivity (Wildman–Crippen MR) is 45.8 cm³/mol. The van der Waals surface area contributed by atoms with Crippen LogP contribution in [0.4, 0.5) is 0 Å². The van der Waals surface area contributed by atoms with Crippen LogP contribution >= 0.6 is 0 Å². The molecule has 0 aromatic heterocycles. The van der Waals surface area contributed by atoms with Gasteiger partial charge in [-0.2, -0.15) is 0 Å². The zero-order chi connectivity index (χ0) is 10.7. The van der Waals surface area contributed by atoms with Crippen molar-refractivity contribution in [1.82, 2.24) is 0 Å². The van der Waals surface area contributed by atoms with Crippen LogP contribution in [0.1, 0.15) is 20.8 Å². The van der Waals surface area contributed by atoms with Crippen molar-refractivity contribution in [2.45, 2.75) is 20.8 Å². The molecule has 2 N–H and O–H groups in total. The molecule has 0 aliphatic heterocycles. The van der Waals surface area contributed by atoms with Crippen molar-refractivity contribution in [3.05, 3.63) is 0 Å². The number of carbonyl (C=O) groups excluding carboxylic acids is 1. The van der Waals surface area contributed by atoms with Crippen LogP contribution in [0.15, 0.2) is 0 Å². The van der Waals surface area contributed by atoms with Gasteiger partial charge in [-0.25, -0.2) is 0 Å². The zero-order valence-corrected chi connectivity index (χ0v) is 13.7. The van der Waals surface area contributed by atoms with Crippen LogP contribution < -0.4 is 56.5 Å². The minimum absolute atomic E-state index is 0. The first kappa shape index (κ1) is 29.3. The molecule has 14 heavy (non-hydrogen) atoms. The molecule has 0 atom stereocenters. The number of carboxylic acids is 3. The Labute approximate surface area is 135 Å². The molecule has 0 unspecified atom stereocenters. The fourth-order valence-electron chi connectivity index (χ4n) is 0. The van der Waals surface area contributed by atoms with Gasteiger partial charge in [0.1, 0.15) is 0 Å². The second-order valence-electron chi connectivity index (χ2n) is 1.53. The summed E-state index contributed by atoms with van der Waals surface area (Å²) in [4.78, 5) is 26.9. The van der Waals surface area contributed by atoms with Gasteiger partial charge in [-0.05, 0) is 6.92 Å². The van der Waals surface area contributed by atoms with E-state index in [0.29, 0.717) is 0 Å². The predicted octanol–water partition coefficient (Wildman–Crippen LogP) is -4.97. The van der Waals surface area contributed by atoms with E-state index in [2.05, 4.69) is 0 Å². The van der Waals surface area contributed by atoms with E-state index in [9.17, 15) is 0 Å². The number of hydrogen-bond donors (Lipinski definition) is 2. The molecule has 0 bridgehead atoms. The van der Waals surface area contributed by atoms with E-state index < -0.39 is 17.9 Å². The van der Waals surface area contributed by atoms with Crippen LogP contribution in [0, 0.1) is 0 Å². The van der Waals surface area contributed by atoms with Gasteiger partial charge in [0.05, 0.1) is 0 Å². The molecular weight excluding hydrogens is 286 g/mol. The van der Waals surface area contributed by atoms with Gasteiger partial charge in [0.15, 0.2) is 0 Å². The van der Waals surface area contributed by atoms with Gasteiger partial charge in [0.25, 0.3) is 11.9 Å². The molecule has 0 aromatic rings. The Balaban J connectivity index is -0.0000000270. The van der Waals surface area contributed by atoms with Crippen molar-refractivity contribution >= 4 is 35.0 Å². The number of carbonyl (C=O) groups is 3. The number of aliphatic carboxylic acids is 3. The van der Waals surface area contributed by atoms with Crippen LogP contribution in [-0.4, -0.2) is 45.2 Å². The summed E-state index contributed by atoms with van der Waals surface area (Å²) in [5.74, 6) is -2.75. The summed E-state index contributed by atoms with van der Waals surface area (Å²) in [6, 6.07) is 0. The third-order valence-electron chi connectivity index (χ3n) is 0. The summed E-state index contributed by atoms with van der Waals surface area (Å²) < 4.78 is 0. The molecule has 0 spiro atoms. The van der Waals surface area contributed by atoms with Crippen LogP contribution in [0.25, 0.3) is 0 Å².